The number of methoxy groups -OCH3 is 1. The van der Waals surface area contributed by atoms with Crippen molar-refractivity contribution in [3.05, 3.63) is 0 Å². The molecule has 5 nitrogen and oxygen atoms in total. The fraction of sp³-hybridized carbons (Fsp3) is 1.00. The number of hydrogen-bond acceptors (Lipinski definition) is 5. The lowest BCUT2D eigenvalue weighted by molar-refractivity contribution is 0.0538. The molecule has 0 aromatic carbocycles. The van der Waals surface area contributed by atoms with Crippen molar-refractivity contribution < 1.29 is 14.6 Å². The van der Waals surface area contributed by atoms with Gasteiger partial charge in [0.15, 0.2) is 0 Å². The number of unbranched alkanes of at least 4 members (excludes halogenated alkanes) is 3. The number of nitrogens with two attached hydrogens (primary N) is 1. The number of ether oxygens (including phenoxy) is 2. The average Bonchev–Trinajstić information content (AvgIpc) is 1.02. The van der Waals surface area contributed by atoms with Crippen molar-refractivity contribution in [3.8, 4) is 0 Å². The first-order valence-electron chi connectivity index (χ1n) is 40.1. The Balaban J connectivity index is -0.0000000413. The molecule has 0 aliphatic rings. The lowest BCUT2D eigenvalue weighted by atomic mass is 9.88. The number of aliphatic hydroxyl groups excluding tert-OH is 1. The molecule has 0 heterocycles. The fourth-order valence-electron chi connectivity index (χ4n) is 9.03. The summed E-state index contributed by atoms with van der Waals surface area (Å²) in [5.74, 6) is 12.4. The van der Waals surface area contributed by atoms with Crippen LogP contribution < -0.4 is 11.1 Å². The van der Waals surface area contributed by atoms with Gasteiger partial charge in [0.25, 0.3) is 0 Å². The molecule has 0 saturated heterocycles. The summed E-state index contributed by atoms with van der Waals surface area (Å²) in [5.41, 5.74) is 6.94. The molecule has 0 bridgehead atoms. The van der Waals surface area contributed by atoms with Crippen LogP contribution in [0, 0.1) is 106 Å². The topological polar surface area (TPSA) is 76.7 Å². The van der Waals surface area contributed by atoms with Crippen LogP contribution in [-0.4, -0.2) is 56.8 Å². The SMILES string of the molecule is C.C.C.C.C.C.C.C.C.C.C.CC(C)CCC(C)(C)C.CC(C)CCCC(C)C.CC(C)CCCCC(C)(C)C.CC(C)CCCCCC(C)C.CC(C)CCOCC(C)C.CC(C)CC[C@H](N)C(C)C.CC(C)CC[C@H](O)C(C)C.CN[C@@H](CCC(C)C)C(C)C.CO[C@@H](CCC(C)C)C(C)C. The van der Waals surface area contributed by atoms with E-state index in [1.165, 1.54) is 135 Å². The van der Waals surface area contributed by atoms with E-state index in [9.17, 15) is 5.11 Å². The number of hydrogen-bond donors (Lipinski definition) is 3. The van der Waals surface area contributed by atoms with Crippen molar-refractivity contribution in [1.82, 2.24) is 5.32 Å². The van der Waals surface area contributed by atoms with E-state index in [-0.39, 0.29) is 87.8 Å². The molecule has 0 spiro atoms. The van der Waals surface area contributed by atoms with Crippen LogP contribution in [0.4, 0.5) is 0 Å². The Morgan fingerprint density at radius 2 is 0.583 bits per heavy atom. The van der Waals surface area contributed by atoms with E-state index in [1.807, 2.05) is 7.11 Å². The molecule has 658 valence electrons. The molecule has 4 N–H and O–H groups in total. The lowest BCUT2D eigenvalue weighted by Gasteiger charge is -2.20. The largest absolute Gasteiger partial charge is 0.393 e. The molecule has 0 amide bonds. The second-order valence-electron chi connectivity index (χ2n) is 37.3. The Bertz CT molecular complexity index is 1240. The van der Waals surface area contributed by atoms with E-state index in [2.05, 4.69) is 275 Å². The maximum Gasteiger partial charge on any atom is 0.0594 e. The maximum atomic E-state index is 9.38. The molecule has 103 heavy (non-hydrogen) atoms. The van der Waals surface area contributed by atoms with E-state index >= 15 is 0 Å². The maximum absolute atomic E-state index is 9.38. The summed E-state index contributed by atoms with van der Waals surface area (Å²) in [7, 11) is 3.87. The number of nitrogens with one attached hydrogen (secondary N) is 1. The van der Waals surface area contributed by atoms with Crippen LogP contribution in [0.3, 0.4) is 0 Å². The number of rotatable bonds is 39. The minimum absolute atomic E-state index is 0. The highest BCUT2D eigenvalue weighted by atomic mass is 16.5. The second-order valence-corrected chi connectivity index (χ2v) is 37.3. The smallest absolute Gasteiger partial charge is 0.0594 e. The molecular weight excluding hydrogens is 1250 g/mol. The normalized spacial score (nSPS) is 11.7. The van der Waals surface area contributed by atoms with Gasteiger partial charge in [-0.15, -0.1) is 0 Å². The molecule has 0 saturated carbocycles. The first-order valence-corrected chi connectivity index (χ1v) is 40.1. The zero-order valence-electron chi connectivity index (χ0n) is 72.6. The van der Waals surface area contributed by atoms with Crippen molar-refractivity contribution >= 4 is 0 Å². The molecule has 0 aliphatic carbocycles. The Kier molecular flexibility index (Phi) is 157. The molecule has 0 unspecified atom stereocenters. The van der Waals surface area contributed by atoms with Gasteiger partial charge in [0.05, 0.1) is 12.2 Å². The molecule has 0 rings (SSSR count). The highest BCUT2D eigenvalue weighted by Gasteiger charge is 2.14. The van der Waals surface area contributed by atoms with Gasteiger partial charge in [0.2, 0.25) is 0 Å². The average molecular weight is 1490 g/mol. The summed E-state index contributed by atoms with van der Waals surface area (Å²) in [4.78, 5) is 0. The van der Waals surface area contributed by atoms with Gasteiger partial charge in [0.1, 0.15) is 0 Å². The highest BCUT2D eigenvalue weighted by molar-refractivity contribution is 4.70. The first kappa shape index (κ1) is 155. The van der Waals surface area contributed by atoms with Gasteiger partial charge >= 0.3 is 0 Å². The van der Waals surface area contributed by atoms with Crippen LogP contribution in [0.2, 0.25) is 0 Å². The van der Waals surface area contributed by atoms with E-state index in [0.717, 1.165) is 91.2 Å². The minimum atomic E-state index is -0.0950. The van der Waals surface area contributed by atoms with Crippen molar-refractivity contribution in [3.63, 3.8) is 0 Å². The molecule has 0 aromatic heterocycles. The van der Waals surface area contributed by atoms with Crippen LogP contribution in [0.1, 0.15) is 492 Å². The summed E-state index contributed by atoms with van der Waals surface area (Å²) in [6.07, 6.45) is 30.9. The Labute approximate surface area is 671 Å². The van der Waals surface area contributed by atoms with Crippen LogP contribution in [0.15, 0.2) is 0 Å². The molecule has 0 aromatic rings. The molecule has 0 radical (unpaired) electrons. The van der Waals surface area contributed by atoms with Gasteiger partial charge in [-0.25, -0.2) is 0 Å². The summed E-state index contributed by atoms with van der Waals surface area (Å²) < 4.78 is 10.8. The van der Waals surface area contributed by atoms with Crippen molar-refractivity contribution in [2.45, 2.75) is 517 Å². The van der Waals surface area contributed by atoms with Crippen molar-refractivity contribution in [2.75, 3.05) is 27.4 Å². The molecule has 5 heteroatoms. The van der Waals surface area contributed by atoms with Gasteiger partial charge < -0.3 is 25.6 Å². The zero-order chi connectivity index (χ0) is 74.3. The van der Waals surface area contributed by atoms with Crippen molar-refractivity contribution in [1.29, 1.82) is 0 Å². The monoisotopic (exact) mass is 1490 g/mol. The van der Waals surface area contributed by atoms with Crippen LogP contribution >= 0.6 is 0 Å². The van der Waals surface area contributed by atoms with Crippen LogP contribution in [-0.2, 0) is 9.47 Å². The first-order chi connectivity index (χ1) is 41.9. The third-order valence-corrected chi connectivity index (χ3v) is 16.4. The standard InChI is InChI=1S/2C11H24.C10H23N.C10H22O.C9H21N.2C9H20O.2C9H20.11CH4/c1-10(2)8-6-7-9-11(3,4)5;1-10(2)8-6-5-7-9-11(3)4;2*1-8(2)6-7-10(11-5)9(3)4;1-7(2)5-6-9(10)8(3)4;1-8(2)5-6-10-7-9(3)4;1-7(2)5-6-9(10)8(3)4;1-8(2)6-7-9(3,4)5;1-8(2)6-5-7-9(3)4;;;;;;;;;;;/h10H,6-9H2,1-5H3;10-11H,5-9H2,1-4H3;8-11H,6-7H2,1-5H3;8-10H,6-7H2,1-5H3;7-9H,5-6,10H2,1-4H3;8-9H,5-7H2,1-4H3;7-10H,5-6H2,1-4H3;8H,6-7H2,1-5H3;8-9H,5-7H2,1-4H3;11*1H4/t;;2*10-;9-;;9-;;;;;;;;;;;;;/m..000.0............./s1. The van der Waals surface area contributed by atoms with Gasteiger partial charge in [-0.2, -0.15) is 0 Å². The minimum Gasteiger partial charge on any atom is -0.393 e. The number of aliphatic hydroxyl groups is 1. The predicted molar refractivity (Wildman–Crippen MR) is 505 cm³/mol. The third kappa shape index (κ3) is 181. The van der Waals surface area contributed by atoms with Crippen LogP contribution in [0.5, 0.6) is 0 Å². The van der Waals surface area contributed by atoms with Gasteiger partial charge in [-0.05, 0) is 183 Å². The summed E-state index contributed by atoms with van der Waals surface area (Å²) >= 11 is 0. The Morgan fingerprint density at radius 3 is 0.825 bits per heavy atom. The Hall–Kier alpha value is -0.200. The lowest BCUT2D eigenvalue weighted by Crippen LogP contribution is -2.30. The summed E-state index contributed by atoms with van der Waals surface area (Å²) in [5, 5.41) is 12.7. The summed E-state index contributed by atoms with van der Waals surface area (Å²) in [6.45, 7) is 87.5. The van der Waals surface area contributed by atoms with Gasteiger partial charge in [-0.1, -0.05) is 422 Å². The van der Waals surface area contributed by atoms with E-state index in [4.69, 9.17) is 15.2 Å². The van der Waals surface area contributed by atoms with Gasteiger partial charge in [-0.3, -0.25) is 0 Å². The molecule has 0 fully saturated rings. The third-order valence-electron chi connectivity index (χ3n) is 16.4. The van der Waals surface area contributed by atoms with E-state index in [1.54, 1.807) is 0 Å². The Morgan fingerprint density at radius 1 is 0.291 bits per heavy atom. The van der Waals surface area contributed by atoms with Crippen molar-refractivity contribution in [2.24, 2.45) is 111 Å². The van der Waals surface area contributed by atoms with E-state index < -0.39 is 0 Å². The molecule has 0 aliphatic heterocycles. The highest BCUT2D eigenvalue weighted by Crippen LogP contribution is 2.24. The fourth-order valence-corrected chi connectivity index (χ4v) is 9.03. The predicted octanol–water partition coefficient (Wildman–Crippen LogP) is 35.7. The summed E-state index contributed by atoms with van der Waals surface area (Å²) in [6, 6.07) is 1.11. The zero-order valence-corrected chi connectivity index (χ0v) is 72.6. The quantitative estimate of drug-likeness (QED) is 0.0535. The molecular formula is C98H238N2O3. The van der Waals surface area contributed by atoms with E-state index in [0.29, 0.717) is 58.6 Å². The van der Waals surface area contributed by atoms with Crippen LogP contribution in [0.25, 0.3) is 0 Å². The second kappa shape index (κ2) is 104. The molecule has 4 atom stereocenters. The van der Waals surface area contributed by atoms with Gasteiger partial charge in [0, 0.05) is 32.4 Å².